The highest BCUT2D eigenvalue weighted by Crippen LogP contribution is 2.38. The van der Waals surface area contributed by atoms with E-state index in [1.165, 1.54) is 0 Å². The number of fused-ring (bicyclic) bond motifs is 1. The Labute approximate surface area is 179 Å². The molecule has 4 rings (SSSR count). The number of likely N-dealkylation sites (tertiary alicyclic amines) is 1. The van der Waals surface area contributed by atoms with Crippen LogP contribution in [0.25, 0.3) is 0 Å². The first-order valence-corrected chi connectivity index (χ1v) is 11.5. The number of hydrogen-bond donors (Lipinski definition) is 1. The topological polar surface area (TPSA) is 67.9 Å². The zero-order valence-electron chi connectivity index (χ0n) is 16.7. The van der Waals surface area contributed by atoms with Crippen molar-refractivity contribution in [3.63, 3.8) is 0 Å². The van der Waals surface area contributed by atoms with E-state index in [1.807, 2.05) is 18.2 Å². The van der Waals surface area contributed by atoms with E-state index in [2.05, 4.69) is 9.62 Å². The maximum Gasteiger partial charge on any atom is 0.416 e. The van der Waals surface area contributed by atoms with Crippen LogP contribution in [0.3, 0.4) is 0 Å². The second-order valence-corrected chi connectivity index (χ2v) is 9.29. The number of alkyl halides is 3. The average molecular weight is 456 g/mol. The Kier molecular flexibility index (Phi) is 6.14. The fraction of sp³-hybridized carbons (Fsp3) is 0.429. The van der Waals surface area contributed by atoms with Crippen LogP contribution in [0.2, 0.25) is 0 Å². The molecule has 31 heavy (non-hydrogen) atoms. The number of nitrogens with zero attached hydrogens (tertiary/aromatic N) is 1. The molecular formula is C21H23F3N2O4S. The first-order valence-electron chi connectivity index (χ1n) is 10.0. The van der Waals surface area contributed by atoms with Gasteiger partial charge in [0.1, 0.15) is 13.2 Å². The maximum absolute atomic E-state index is 12.9. The molecule has 2 aromatic carbocycles. The van der Waals surface area contributed by atoms with Crippen molar-refractivity contribution in [2.45, 2.75) is 30.0 Å². The van der Waals surface area contributed by atoms with Crippen molar-refractivity contribution in [3.8, 4) is 11.5 Å². The molecule has 0 aliphatic carbocycles. The maximum atomic E-state index is 12.9. The van der Waals surface area contributed by atoms with Gasteiger partial charge in [0.05, 0.1) is 10.5 Å². The van der Waals surface area contributed by atoms with Gasteiger partial charge >= 0.3 is 6.18 Å². The molecule has 0 aromatic heterocycles. The molecule has 1 saturated heterocycles. The van der Waals surface area contributed by atoms with Gasteiger partial charge in [-0.3, -0.25) is 4.90 Å². The second kappa shape index (κ2) is 8.68. The minimum atomic E-state index is -4.60. The highest BCUT2D eigenvalue weighted by Gasteiger charge is 2.32. The zero-order valence-corrected chi connectivity index (χ0v) is 17.5. The summed E-state index contributed by atoms with van der Waals surface area (Å²) in [6.07, 6.45) is -2.70. The van der Waals surface area contributed by atoms with Crippen molar-refractivity contribution in [2.24, 2.45) is 0 Å². The third kappa shape index (κ3) is 4.97. The molecule has 168 valence electrons. The number of nitrogens with one attached hydrogen (secondary N) is 1. The Hall–Kier alpha value is -2.30. The number of rotatable bonds is 6. The molecule has 0 spiro atoms. The van der Waals surface area contributed by atoms with Gasteiger partial charge in [0.2, 0.25) is 10.0 Å². The first kappa shape index (κ1) is 21.9. The SMILES string of the molecule is O=S(=O)(NCCN1CCCC1c1ccc2c(c1)OCCO2)c1cccc(C(F)(F)F)c1. The number of hydrogen-bond acceptors (Lipinski definition) is 5. The number of halogens is 3. The Morgan fingerprint density at radius 1 is 1.06 bits per heavy atom. The van der Waals surface area contributed by atoms with E-state index in [9.17, 15) is 21.6 Å². The predicted molar refractivity (Wildman–Crippen MR) is 108 cm³/mol. The zero-order chi connectivity index (χ0) is 22.1. The van der Waals surface area contributed by atoms with Crippen molar-refractivity contribution >= 4 is 10.0 Å². The normalized spacial score (nSPS) is 19.5. The van der Waals surface area contributed by atoms with Crippen molar-refractivity contribution in [2.75, 3.05) is 32.8 Å². The van der Waals surface area contributed by atoms with E-state index >= 15 is 0 Å². The molecule has 10 heteroatoms. The van der Waals surface area contributed by atoms with Gasteiger partial charge in [0.25, 0.3) is 0 Å². The fourth-order valence-corrected chi connectivity index (χ4v) is 5.05. The van der Waals surface area contributed by atoms with Crippen molar-refractivity contribution in [1.29, 1.82) is 0 Å². The third-order valence-corrected chi connectivity index (χ3v) is 6.94. The molecule has 0 saturated carbocycles. The molecule has 1 atom stereocenters. The Balaban J connectivity index is 1.40. The van der Waals surface area contributed by atoms with Crippen LogP contribution in [-0.2, 0) is 16.2 Å². The van der Waals surface area contributed by atoms with Gasteiger partial charge in [0.15, 0.2) is 11.5 Å². The molecule has 0 radical (unpaired) electrons. The second-order valence-electron chi connectivity index (χ2n) is 7.52. The van der Waals surface area contributed by atoms with Gasteiger partial charge < -0.3 is 9.47 Å². The summed E-state index contributed by atoms with van der Waals surface area (Å²) in [6.45, 7) is 2.37. The Morgan fingerprint density at radius 2 is 1.84 bits per heavy atom. The van der Waals surface area contributed by atoms with E-state index in [1.54, 1.807) is 0 Å². The predicted octanol–water partition coefficient (Wildman–Crippen LogP) is 3.59. The lowest BCUT2D eigenvalue weighted by Crippen LogP contribution is -2.34. The smallest absolute Gasteiger partial charge is 0.416 e. The summed E-state index contributed by atoms with van der Waals surface area (Å²) >= 11 is 0. The molecule has 2 aliphatic heterocycles. The van der Waals surface area contributed by atoms with Gasteiger partial charge in [0, 0.05) is 19.1 Å². The molecule has 0 amide bonds. The minimum absolute atomic E-state index is 0.0969. The van der Waals surface area contributed by atoms with E-state index in [0.717, 1.165) is 43.1 Å². The van der Waals surface area contributed by atoms with E-state index in [4.69, 9.17) is 9.47 Å². The molecule has 1 N–H and O–H groups in total. The highest BCUT2D eigenvalue weighted by atomic mass is 32.2. The molecule has 0 bridgehead atoms. The standard InChI is InChI=1S/C21H23F3N2O4S/c22-21(23,24)16-3-1-4-17(14-16)31(27,28)25-8-10-26-9-2-5-18(26)15-6-7-19-20(13-15)30-12-11-29-19/h1,3-4,6-7,13-14,18,25H,2,5,8-12H2. The summed E-state index contributed by atoms with van der Waals surface area (Å²) in [7, 11) is -4.04. The minimum Gasteiger partial charge on any atom is -0.486 e. The number of benzene rings is 2. The van der Waals surface area contributed by atoms with Gasteiger partial charge in [-0.1, -0.05) is 12.1 Å². The quantitative estimate of drug-likeness (QED) is 0.720. The largest absolute Gasteiger partial charge is 0.486 e. The van der Waals surface area contributed by atoms with E-state index in [0.29, 0.717) is 37.3 Å². The lowest BCUT2D eigenvalue weighted by Gasteiger charge is -2.26. The number of sulfonamides is 1. The van der Waals surface area contributed by atoms with Crippen LogP contribution in [-0.4, -0.2) is 46.2 Å². The van der Waals surface area contributed by atoms with Crippen molar-refractivity contribution < 1.29 is 31.1 Å². The van der Waals surface area contributed by atoms with Gasteiger partial charge in [-0.15, -0.1) is 0 Å². The first-order chi connectivity index (χ1) is 14.7. The van der Waals surface area contributed by atoms with Crippen molar-refractivity contribution in [1.82, 2.24) is 9.62 Å². The summed E-state index contributed by atoms with van der Waals surface area (Å²) in [4.78, 5) is 1.77. The lowest BCUT2D eigenvalue weighted by molar-refractivity contribution is -0.137. The summed E-state index contributed by atoms with van der Waals surface area (Å²) in [6, 6.07) is 9.71. The third-order valence-electron chi connectivity index (χ3n) is 5.48. The van der Waals surface area contributed by atoms with Crippen LogP contribution < -0.4 is 14.2 Å². The van der Waals surface area contributed by atoms with E-state index < -0.39 is 26.7 Å². The summed E-state index contributed by atoms with van der Waals surface area (Å²) in [5.74, 6) is 1.43. The van der Waals surface area contributed by atoms with Gasteiger partial charge in [-0.05, 0) is 55.3 Å². The van der Waals surface area contributed by atoms with E-state index in [-0.39, 0.29) is 12.6 Å². The molecule has 2 aliphatic rings. The van der Waals surface area contributed by atoms with Crippen LogP contribution in [0, 0.1) is 0 Å². The molecule has 1 unspecified atom stereocenters. The lowest BCUT2D eigenvalue weighted by atomic mass is 10.0. The molecule has 2 aromatic rings. The van der Waals surface area contributed by atoms with Crippen LogP contribution in [0.4, 0.5) is 13.2 Å². The van der Waals surface area contributed by atoms with Crippen LogP contribution in [0.5, 0.6) is 11.5 Å². The fourth-order valence-electron chi connectivity index (χ4n) is 3.99. The molecular weight excluding hydrogens is 433 g/mol. The molecule has 6 nitrogen and oxygen atoms in total. The van der Waals surface area contributed by atoms with Crippen LogP contribution in [0.15, 0.2) is 47.4 Å². The molecule has 2 heterocycles. The van der Waals surface area contributed by atoms with Crippen LogP contribution >= 0.6 is 0 Å². The number of ether oxygens (including phenoxy) is 2. The van der Waals surface area contributed by atoms with Gasteiger partial charge in [-0.25, -0.2) is 13.1 Å². The Bertz CT molecular complexity index is 1040. The van der Waals surface area contributed by atoms with Gasteiger partial charge in [-0.2, -0.15) is 13.2 Å². The van der Waals surface area contributed by atoms with Crippen LogP contribution in [0.1, 0.15) is 30.0 Å². The Morgan fingerprint density at radius 3 is 2.61 bits per heavy atom. The summed E-state index contributed by atoms with van der Waals surface area (Å²) < 4.78 is 77.2. The summed E-state index contributed by atoms with van der Waals surface area (Å²) in [5.41, 5.74) is 0.0797. The summed E-state index contributed by atoms with van der Waals surface area (Å²) in [5, 5.41) is 0. The molecule has 1 fully saturated rings. The average Bonchev–Trinajstić information content (AvgIpc) is 3.21. The monoisotopic (exact) mass is 456 g/mol. The van der Waals surface area contributed by atoms with Crippen molar-refractivity contribution in [3.05, 3.63) is 53.6 Å². The highest BCUT2D eigenvalue weighted by molar-refractivity contribution is 7.89.